The molecule has 0 bridgehead atoms. The van der Waals surface area contributed by atoms with E-state index in [1.165, 1.54) is 7.11 Å². The zero-order chi connectivity index (χ0) is 10.7. The second kappa shape index (κ2) is 4.34. The Bertz CT molecular complexity index is 360. The molecule has 0 aromatic heterocycles. The van der Waals surface area contributed by atoms with Gasteiger partial charge in [0.1, 0.15) is 5.75 Å². The Labute approximate surface area is 89.0 Å². The molecule has 0 amide bonds. The quantitative estimate of drug-likeness (QED) is 0.695. The summed E-state index contributed by atoms with van der Waals surface area (Å²) < 4.78 is 10.2. The molecule has 3 heteroatoms. The highest BCUT2D eigenvalue weighted by molar-refractivity contribution is 5.70. The molecule has 0 aliphatic carbocycles. The van der Waals surface area contributed by atoms with Crippen molar-refractivity contribution in [1.82, 2.24) is 0 Å². The maximum atomic E-state index is 11.2. The maximum Gasteiger partial charge on any atom is 0.306 e. The number of ether oxygens (including phenoxy) is 2. The Balaban J connectivity index is 2.18. The van der Waals surface area contributed by atoms with Gasteiger partial charge in [-0.3, -0.25) is 4.79 Å². The zero-order valence-electron chi connectivity index (χ0n) is 8.73. The molecule has 1 atom stereocenters. The second-order valence-corrected chi connectivity index (χ2v) is 3.65. The summed E-state index contributed by atoms with van der Waals surface area (Å²) in [6, 6.07) is 7.87. The van der Waals surface area contributed by atoms with Gasteiger partial charge in [0, 0.05) is 5.92 Å². The number of methoxy groups -OCH3 is 1. The van der Waals surface area contributed by atoms with Crippen LogP contribution in [0, 0.1) is 0 Å². The summed E-state index contributed by atoms with van der Waals surface area (Å²) in [6.45, 7) is 0.679. The smallest absolute Gasteiger partial charge is 0.306 e. The summed E-state index contributed by atoms with van der Waals surface area (Å²) >= 11 is 0. The highest BCUT2D eigenvalue weighted by Crippen LogP contribution is 2.35. The van der Waals surface area contributed by atoms with Crippen LogP contribution in [0.25, 0.3) is 0 Å². The Kier molecular flexibility index (Phi) is 2.90. The van der Waals surface area contributed by atoms with Gasteiger partial charge in [0.15, 0.2) is 0 Å². The van der Waals surface area contributed by atoms with E-state index in [2.05, 4.69) is 4.74 Å². The third kappa shape index (κ3) is 2.12. The van der Waals surface area contributed by atoms with Crippen LogP contribution in [0.4, 0.5) is 0 Å². The molecular formula is C12H14O3. The van der Waals surface area contributed by atoms with E-state index < -0.39 is 0 Å². The topological polar surface area (TPSA) is 35.5 Å². The number of rotatable bonds is 2. The number of para-hydroxylation sites is 1. The maximum absolute atomic E-state index is 11.2. The van der Waals surface area contributed by atoms with Crippen molar-refractivity contribution in [3.63, 3.8) is 0 Å². The number of hydrogen-bond donors (Lipinski definition) is 0. The standard InChI is InChI=1S/C12H14O3/c1-14-12(13)8-9-6-7-15-11-5-3-2-4-10(9)11/h2-5,9H,6-8H2,1H3. The summed E-state index contributed by atoms with van der Waals surface area (Å²) in [5.74, 6) is 0.983. The Morgan fingerprint density at radius 1 is 1.53 bits per heavy atom. The molecule has 1 aliphatic heterocycles. The molecule has 1 aromatic rings. The van der Waals surface area contributed by atoms with Gasteiger partial charge >= 0.3 is 5.97 Å². The SMILES string of the molecule is COC(=O)CC1CCOc2ccccc21. The molecule has 0 radical (unpaired) electrons. The van der Waals surface area contributed by atoms with Crippen molar-refractivity contribution >= 4 is 5.97 Å². The summed E-state index contributed by atoms with van der Waals surface area (Å²) in [7, 11) is 1.42. The second-order valence-electron chi connectivity index (χ2n) is 3.65. The van der Waals surface area contributed by atoms with Gasteiger partial charge < -0.3 is 9.47 Å². The van der Waals surface area contributed by atoms with Crippen LogP contribution < -0.4 is 4.74 Å². The molecule has 0 saturated carbocycles. The molecule has 0 N–H and O–H groups in total. The molecule has 1 unspecified atom stereocenters. The highest BCUT2D eigenvalue weighted by atomic mass is 16.5. The van der Waals surface area contributed by atoms with E-state index in [-0.39, 0.29) is 11.9 Å². The van der Waals surface area contributed by atoms with Crippen molar-refractivity contribution < 1.29 is 14.3 Å². The fourth-order valence-electron chi connectivity index (χ4n) is 1.91. The average molecular weight is 206 g/mol. The van der Waals surface area contributed by atoms with Crippen LogP contribution in [0.1, 0.15) is 24.3 Å². The predicted octanol–water partition coefficient (Wildman–Crippen LogP) is 2.12. The van der Waals surface area contributed by atoms with Crippen LogP contribution in [0.2, 0.25) is 0 Å². The largest absolute Gasteiger partial charge is 0.493 e. The third-order valence-corrected chi connectivity index (χ3v) is 2.72. The van der Waals surface area contributed by atoms with Crippen molar-refractivity contribution in [1.29, 1.82) is 0 Å². The zero-order valence-corrected chi connectivity index (χ0v) is 8.73. The molecule has 0 fully saturated rings. The fourth-order valence-corrected chi connectivity index (χ4v) is 1.91. The van der Waals surface area contributed by atoms with Crippen LogP contribution in [-0.2, 0) is 9.53 Å². The minimum absolute atomic E-state index is 0.156. The van der Waals surface area contributed by atoms with Gasteiger partial charge in [-0.15, -0.1) is 0 Å². The number of fused-ring (bicyclic) bond motifs is 1. The minimum Gasteiger partial charge on any atom is -0.493 e. The van der Waals surface area contributed by atoms with E-state index in [0.717, 1.165) is 17.7 Å². The summed E-state index contributed by atoms with van der Waals surface area (Å²) in [6.07, 6.45) is 1.32. The van der Waals surface area contributed by atoms with Gasteiger partial charge in [-0.05, 0) is 18.1 Å². The predicted molar refractivity (Wildman–Crippen MR) is 55.9 cm³/mol. The fraction of sp³-hybridized carbons (Fsp3) is 0.417. The van der Waals surface area contributed by atoms with Crippen LogP contribution in [0.15, 0.2) is 24.3 Å². The molecule has 80 valence electrons. The minimum atomic E-state index is -0.156. The van der Waals surface area contributed by atoms with Gasteiger partial charge in [-0.2, -0.15) is 0 Å². The highest BCUT2D eigenvalue weighted by Gasteiger charge is 2.23. The molecule has 2 rings (SSSR count). The first kappa shape index (κ1) is 10.0. The van der Waals surface area contributed by atoms with Crippen LogP contribution in [0.5, 0.6) is 5.75 Å². The van der Waals surface area contributed by atoms with Crippen molar-refractivity contribution in [2.75, 3.05) is 13.7 Å². The summed E-state index contributed by atoms with van der Waals surface area (Å²) in [5.41, 5.74) is 1.12. The van der Waals surface area contributed by atoms with E-state index in [1.807, 2.05) is 24.3 Å². The first-order valence-corrected chi connectivity index (χ1v) is 5.10. The third-order valence-electron chi connectivity index (χ3n) is 2.72. The van der Waals surface area contributed by atoms with Crippen molar-refractivity contribution in [2.45, 2.75) is 18.8 Å². The van der Waals surface area contributed by atoms with E-state index in [0.29, 0.717) is 13.0 Å². The molecule has 3 nitrogen and oxygen atoms in total. The van der Waals surface area contributed by atoms with E-state index in [9.17, 15) is 4.79 Å². The number of esters is 1. The number of hydrogen-bond acceptors (Lipinski definition) is 3. The summed E-state index contributed by atoms with van der Waals surface area (Å²) in [5, 5.41) is 0. The normalized spacial score (nSPS) is 18.9. The van der Waals surface area contributed by atoms with Crippen LogP contribution in [0.3, 0.4) is 0 Å². The molecule has 0 spiro atoms. The lowest BCUT2D eigenvalue weighted by Gasteiger charge is -2.24. The first-order valence-electron chi connectivity index (χ1n) is 5.10. The Morgan fingerprint density at radius 3 is 3.13 bits per heavy atom. The number of carbonyl (C=O) groups is 1. The lowest BCUT2D eigenvalue weighted by molar-refractivity contribution is -0.141. The van der Waals surface area contributed by atoms with Crippen molar-refractivity contribution in [2.24, 2.45) is 0 Å². The van der Waals surface area contributed by atoms with Gasteiger partial charge in [-0.1, -0.05) is 18.2 Å². The molecule has 1 heterocycles. The van der Waals surface area contributed by atoms with Gasteiger partial charge in [0.05, 0.1) is 20.1 Å². The van der Waals surface area contributed by atoms with Gasteiger partial charge in [0.25, 0.3) is 0 Å². The van der Waals surface area contributed by atoms with E-state index in [4.69, 9.17) is 4.74 Å². The Morgan fingerprint density at radius 2 is 2.33 bits per heavy atom. The van der Waals surface area contributed by atoms with E-state index >= 15 is 0 Å². The molecule has 15 heavy (non-hydrogen) atoms. The lowest BCUT2D eigenvalue weighted by atomic mass is 9.90. The van der Waals surface area contributed by atoms with Crippen molar-refractivity contribution in [3.8, 4) is 5.75 Å². The first-order chi connectivity index (χ1) is 7.31. The van der Waals surface area contributed by atoms with Crippen LogP contribution >= 0.6 is 0 Å². The van der Waals surface area contributed by atoms with Crippen LogP contribution in [-0.4, -0.2) is 19.7 Å². The Hall–Kier alpha value is -1.51. The monoisotopic (exact) mass is 206 g/mol. The molecular weight excluding hydrogens is 192 g/mol. The molecule has 0 saturated heterocycles. The van der Waals surface area contributed by atoms with Gasteiger partial charge in [-0.25, -0.2) is 0 Å². The van der Waals surface area contributed by atoms with Gasteiger partial charge in [0.2, 0.25) is 0 Å². The lowest BCUT2D eigenvalue weighted by Crippen LogP contribution is -2.17. The molecule has 1 aromatic carbocycles. The average Bonchev–Trinajstić information content (AvgIpc) is 2.29. The number of carbonyl (C=O) groups excluding carboxylic acids is 1. The number of benzene rings is 1. The molecule has 1 aliphatic rings. The summed E-state index contributed by atoms with van der Waals surface area (Å²) in [4.78, 5) is 11.2. The van der Waals surface area contributed by atoms with Crippen molar-refractivity contribution in [3.05, 3.63) is 29.8 Å². The van der Waals surface area contributed by atoms with E-state index in [1.54, 1.807) is 0 Å².